The summed E-state index contributed by atoms with van der Waals surface area (Å²) in [6.07, 6.45) is 2.50. The summed E-state index contributed by atoms with van der Waals surface area (Å²) in [6, 6.07) is 9.59. The lowest BCUT2D eigenvalue weighted by Crippen LogP contribution is -2.25. The normalized spacial score (nSPS) is 18.0. The molecular formula is C18H21ClN4O2. The molecule has 0 aliphatic carbocycles. The first kappa shape index (κ1) is 17.5. The van der Waals surface area contributed by atoms with Crippen LogP contribution < -0.4 is 15.0 Å². The number of aromatic nitrogens is 2. The number of nitrogens with one attached hydrogen (secondary N) is 1. The molecule has 7 heteroatoms. The lowest BCUT2D eigenvalue weighted by atomic mass is 10.1. The Labute approximate surface area is 152 Å². The van der Waals surface area contributed by atoms with E-state index in [0.717, 1.165) is 36.6 Å². The van der Waals surface area contributed by atoms with Crippen LogP contribution in [0.4, 0.5) is 5.82 Å². The van der Waals surface area contributed by atoms with E-state index in [-0.39, 0.29) is 18.1 Å². The van der Waals surface area contributed by atoms with E-state index < -0.39 is 0 Å². The lowest BCUT2D eigenvalue weighted by molar-refractivity contribution is -0.119. The minimum atomic E-state index is -0.0382. The fourth-order valence-corrected chi connectivity index (χ4v) is 3.09. The monoisotopic (exact) mass is 360 g/mol. The Morgan fingerprint density at radius 3 is 2.80 bits per heavy atom. The summed E-state index contributed by atoms with van der Waals surface area (Å²) >= 11 is 5.93. The van der Waals surface area contributed by atoms with E-state index in [0.29, 0.717) is 5.15 Å². The zero-order valence-electron chi connectivity index (χ0n) is 14.3. The average Bonchev–Trinajstić information content (AvgIpc) is 3.03. The van der Waals surface area contributed by atoms with Gasteiger partial charge in [0.2, 0.25) is 5.91 Å². The fraction of sp³-hybridized carbons (Fsp3) is 0.389. The minimum absolute atomic E-state index is 0.0176. The summed E-state index contributed by atoms with van der Waals surface area (Å²) in [5.74, 6) is 1.61. The van der Waals surface area contributed by atoms with Crippen LogP contribution in [0.25, 0.3) is 0 Å². The summed E-state index contributed by atoms with van der Waals surface area (Å²) in [5.41, 5.74) is 1.05. The molecule has 0 bridgehead atoms. The van der Waals surface area contributed by atoms with Crippen molar-refractivity contribution < 1.29 is 9.53 Å². The first-order chi connectivity index (χ1) is 12.0. The van der Waals surface area contributed by atoms with Crippen molar-refractivity contribution in [2.24, 2.45) is 0 Å². The molecule has 2 aromatic rings. The van der Waals surface area contributed by atoms with Gasteiger partial charge in [-0.15, -0.1) is 0 Å². The molecule has 1 aliphatic heterocycles. The Bertz CT molecular complexity index is 738. The van der Waals surface area contributed by atoms with Crippen molar-refractivity contribution in [1.29, 1.82) is 0 Å². The van der Waals surface area contributed by atoms with E-state index in [1.165, 1.54) is 13.3 Å². The Morgan fingerprint density at radius 2 is 2.12 bits per heavy atom. The Morgan fingerprint density at radius 1 is 1.36 bits per heavy atom. The van der Waals surface area contributed by atoms with E-state index in [1.54, 1.807) is 6.07 Å². The first-order valence-electron chi connectivity index (χ1n) is 8.27. The van der Waals surface area contributed by atoms with Crippen molar-refractivity contribution in [2.45, 2.75) is 32.4 Å². The predicted molar refractivity (Wildman–Crippen MR) is 97.0 cm³/mol. The smallest absolute Gasteiger partial charge is 0.217 e. The molecule has 1 fully saturated rings. The average molecular weight is 361 g/mol. The standard InChI is InChI=1S/C18H21ClN4O2/c1-12(22-13(2)24)14-3-5-15(6-4-14)25-16-7-8-23(10-16)18-9-17(19)20-11-21-18/h3-6,9,11-12,16H,7-8,10H2,1-2H3,(H,22,24)/t12-,16+/m0/s1. The molecule has 3 rings (SSSR count). The minimum Gasteiger partial charge on any atom is -0.489 e. The van der Waals surface area contributed by atoms with Crippen LogP contribution in [0.5, 0.6) is 5.75 Å². The molecule has 1 saturated heterocycles. The maximum atomic E-state index is 11.1. The topological polar surface area (TPSA) is 67.3 Å². The number of anilines is 1. The van der Waals surface area contributed by atoms with Crippen molar-refractivity contribution in [3.8, 4) is 5.75 Å². The number of amides is 1. The van der Waals surface area contributed by atoms with Crippen LogP contribution in [0.3, 0.4) is 0 Å². The second-order valence-corrected chi connectivity index (χ2v) is 6.55. The van der Waals surface area contributed by atoms with Gasteiger partial charge in [0.1, 0.15) is 29.2 Å². The zero-order chi connectivity index (χ0) is 17.8. The molecule has 1 amide bonds. The van der Waals surface area contributed by atoms with Gasteiger partial charge in [0.05, 0.1) is 12.6 Å². The third-order valence-corrected chi connectivity index (χ3v) is 4.40. The first-order valence-corrected chi connectivity index (χ1v) is 8.65. The molecule has 132 valence electrons. The van der Waals surface area contributed by atoms with E-state index >= 15 is 0 Å². The highest BCUT2D eigenvalue weighted by atomic mass is 35.5. The van der Waals surface area contributed by atoms with E-state index in [4.69, 9.17) is 16.3 Å². The molecule has 1 aromatic carbocycles. The van der Waals surface area contributed by atoms with Gasteiger partial charge in [-0.05, 0) is 24.6 Å². The summed E-state index contributed by atoms with van der Waals surface area (Å²) in [7, 11) is 0. The summed E-state index contributed by atoms with van der Waals surface area (Å²) in [6.45, 7) is 5.11. The van der Waals surface area contributed by atoms with Gasteiger partial charge < -0.3 is 15.0 Å². The third-order valence-electron chi connectivity index (χ3n) is 4.19. The highest BCUT2D eigenvalue weighted by molar-refractivity contribution is 6.29. The van der Waals surface area contributed by atoms with E-state index in [2.05, 4.69) is 20.2 Å². The van der Waals surface area contributed by atoms with Crippen LogP contribution in [0, 0.1) is 0 Å². The highest BCUT2D eigenvalue weighted by Crippen LogP contribution is 2.24. The fourth-order valence-electron chi connectivity index (χ4n) is 2.95. The number of nitrogens with zero attached hydrogens (tertiary/aromatic N) is 3. The number of hydrogen-bond acceptors (Lipinski definition) is 5. The van der Waals surface area contributed by atoms with Crippen LogP contribution >= 0.6 is 11.6 Å². The van der Waals surface area contributed by atoms with Gasteiger partial charge in [0, 0.05) is 26.0 Å². The molecule has 0 spiro atoms. The Kier molecular flexibility index (Phi) is 5.38. The third kappa shape index (κ3) is 4.60. The van der Waals surface area contributed by atoms with Gasteiger partial charge in [-0.1, -0.05) is 23.7 Å². The quantitative estimate of drug-likeness (QED) is 0.830. The Hall–Kier alpha value is -2.34. The van der Waals surface area contributed by atoms with Crippen LogP contribution in [0.1, 0.15) is 31.9 Å². The van der Waals surface area contributed by atoms with Crippen LogP contribution in [0.15, 0.2) is 36.7 Å². The number of rotatable bonds is 5. The lowest BCUT2D eigenvalue weighted by Gasteiger charge is -2.18. The molecule has 25 heavy (non-hydrogen) atoms. The van der Waals surface area contributed by atoms with Crippen molar-refractivity contribution >= 4 is 23.3 Å². The molecule has 2 atom stereocenters. The largest absolute Gasteiger partial charge is 0.489 e. The van der Waals surface area contributed by atoms with E-state index in [1.807, 2.05) is 31.2 Å². The number of carbonyl (C=O) groups is 1. The SMILES string of the molecule is CC(=O)N[C@@H](C)c1ccc(O[C@@H]2CCN(c3cc(Cl)ncn3)C2)cc1. The van der Waals surface area contributed by atoms with Crippen LogP contribution in [-0.2, 0) is 4.79 Å². The molecule has 1 N–H and O–H groups in total. The molecule has 0 unspecified atom stereocenters. The maximum absolute atomic E-state index is 11.1. The number of benzene rings is 1. The summed E-state index contributed by atoms with van der Waals surface area (Å²) in [4.78, 5) is 21.4. The molecule has 1 aliphatic rings. The summed E-state index contributed by atoms with van der Waals surface area (Å²) in [5, 5.41) is 3.31. The number of halogens is 1. The van der Waals surface area contributed by atoms with Gasteiger partial charge in [-0.3, -0.25) is 4.79 Å². The number of hydrogen-bond donors (Lipinski definition) is 1. The molecule has 1 aromatic heterocycles. The van der Waals surface area contributed by atoms with Gasteiger partial charge in [0.15, 0.2) is 0 Å². The van der Waals surface area contributed by atoms with Crippen molar-refractivity contribution in [3.05, 3.63) is 47.4 Å². The van der Waals surface area contributed by atoms with Crippen molar-refractivity contribution in [3.63, 3.8) is 0 Å². The van der Waals surface area contributed by atoms with Crippen LogP contribution in [0.2, 0.25) is 5.15 Å². The van der Waals surface area contributed by atoms with Crippen molar-refractivity contribution in [1.82, 2.24) is 15.3 Å². The maximum Gasteiger partial charge on any atom is 0.217 e. The molecule has 6 nitrogen and oxygen atoms in total. The van der Waals surface area contributed by atoms with Gasteiger partial charge >= 0.3 is 0 Å². The summed E-state index contributed by atoms with van der Waals surface area (Å²) < 4.78 is 6.07. The van der Waals surface area contributed by atoms with Crippen molar-refractivity contribution in [2.75, 3.05) is 18.0 Å². The van der Waals surface area contributed by atoms with Gasteiger partial charge in [-0.2, -0.15) is 0 Å². The van der Waals surface area contributed by atoms with Gasteiger partial charge in [-0.25, -0.2) is 9.97 Å². The zero-order valence-corrected chi connectivity index (χ0v) is 15.0. The second-order valence-electron chi connectivity index (χ2n) is 6.16. The van der Waals surface area contributed by atoms with E-state index in [9.17, 15) is 4.79 Å². The number of carbonyl (C=O) groups excluding carboxylic acids is 1. The molecular weight excluding hydrogens is 340 g/mol. The highest BCUT2D eigenvalue weighted by Gasteiger charge is 2.25. The molecule has 2 heterocycles. The van der Waals surface area contributed by atoms with Gasteiger partial charge in [0.25, 0.3) is 0 Å². The number of ether oxygens (including phenoxy) is 1. The Balaban J connectivity index is 1.57. The molecule has 0 radical (unpaired) electrons. The second kappa shape index (κ2) is 7.70. The van der Waals surface area contributed by atoms with Crippen LogP contribution in [-0.4, -0.2) is 35.1 Å². The predicted octanol–water partition coefficient (Wildman–Crippen LogP) is 2.98. The molecule has 0 saturated carbocycles.